The first-order valence-electron chi connectivity index (χ1n) is 6.55. The highest BCUT2D eigenvalue weighted by molar-refractivity contribution is 5.73. The molecule has 18 heavy (non-hydrogen) atoms. The van der Waals surface area contributed by atoms with Crippen LogP contribution in [0.5, 0.6) is 0 Å². The molecule has 2 heterocycles. The Morgan fingerprint density at radius 1 is 1.28 bits per heavy atom. The van der Waals surface area contributed by atoms with Gasteiger partial charge in [0.05, 0.1) is 11.8 Å². The van der Waals surface area contributed by atoms with Gasteiger partial charge in [0, 0.05) is 25.8 Å². The fraction of sp³-hybridized carbons (Fsp3) is 0.538. The summed E-state index contributed by atoms with van der Waals surface area (Å²) in [5.41, 5.74) is 3.04. The fourth-order valence-corrected chi connectivity index (χ4v) is 2.05. The second-order valence-electron chi connectivity index (χ2n) is 4.27. The molecule has 2 aromatic heterocycles. The molecule has 0 spiro atoms. The van der Waals surface area contributed by atoms with Crippen molar-refractivity contribution in [3.8, 4) is 0 Å². The van der Waals surface area contributed by atoms with Crippen LogP contribution in [0.1, 0.15) is 19.4 Å². The Bertz CT molecular complexity index is 475. The van der Waals surface area contributed by atoms with Crippen LogP contribution in [0.25, 0.3) is 11.2 Å². The molecule has 0 unspecified atom stereocenters. The van der Waals surface area contributed by atoms with Gasteiger partial charge in [0.15, 0.2) is 5.65 Å². The summed E-state index contributed by atoms with van der Waals surface area (Å²) in [4.78, 5) is 13.9. The monoisotopic (exact) mass is 247 g/mol. The van der Waals surface area contributed by atoms with Crippen LogP contribution in [0.2, 0.25) is 0 Å². The molecule has 2 rings (SSSR count). The van der Waals surface area contributed by atoms with Crippen molar-refractivity contribution in [2.75, 3.05) is 26.2 Å². The Hall–Kier alpha value is -1.46. The maximum absolute atomic E-state index is 4.21. The van der Waals surface area contributed by atoms with Crippen LogP contribution in [0.15, 0.2) is 18.6 Å². The molecular formula is C13H21N5. The van der Waals surface area contributed by atoms with E-state index in [4.69, 9.17) is 0 Å². The van der Waals surface area contributed by atoms with Gasteiger partial charge in [0.2, 0.25) is 0 Å². The number of hydrogen-bond acceptors (Lipinski definition) is 4. The lowest BCUT2D eigenvalue weighted by molar-refractivity contribution is 0.302. The van der Waals surface area contributed by atoms with E-state index in [9.17, 15) is 0 Å². The molecule has 0 bridgehead atoms. The summed E-state index contributed by atoms with van der Waals surface area (Å²) in [6.07, 6.45) is 3.50. The third-order valence-electron chi connectivity index (χ3n) is 3.23. The summed E-state index contributed by atoms with van der Waals surface area (Å²) in [6.45, 7) is 9.55. The largest absolute Gasteiger partial charge is 0.343 e. The standard InChI is InChI=1S/C13H21N5/c1-3-18(4-2)8-7-14-9-11-5-6-15-13-12(11)16-10-17-13/h5-6,10,14H,3-4,7-9H2,1-2H3,(H,15,16,17). The van der Waals surface area contributed by atoms with Gasteiger partial charge in [0.25, 0.3) is 0 Å². The van der Waals surface area contributed by atoms with Crippen molar-refractivity contribution in [2.45, 2.75) is 20.4 Å². The van der Waals surface area contributed by atoms with Crippen LogP contribution in [0, 0.1) is 0 Å². The van der Waals surface area contributed by atoms with Crippen molar-refractivity contribution < 1.29 is 0 Å². The van der Waals surface area contributed by atoms with Crippen LogP contribution >= 0.6 is 0 Å². The van der Waals surface area contributed by atoms with Gasteiger partial charge in [-0.1, -0.05) is 13.8 Å². The number of fused-ring (bicyclic) bond motifs is 1. The molecule has 5 nitrogen and oxygen atoms in total. The van der Waals surface area contributed by atoms with Crippen LogP contribution in [0.4, 0.5) is 0 Å². The van der Waals surface area contributed by atoms with Crippen molar-refractivity contribution >= 4 is 11.2 Å². The minimum Gasteiger partial charge on any atom is -0.343 e. The summed E-state index contributed by atoms with van der Waals surface area (Å²) in [7, 11) is 0. The van der Waals surface area contributed by atoms with Gasteiger partial charge in [-0.05, 0) is 24.7 Å². The van der Waals surface area contributed by atoms with E-state index in [2.05, 4.69) is 39.0 Å². The highest BCUT2D eigenvalue weighted by Crippen LogP contribution is 2.11. The first-order chi connectivity index (χ1) is 8.85. The highest BCUT2D eigenvalue weighted by Gasteiger charge is 2.03. The quantitative estimate of drug-likeness (QED) is 0.726. The predicted molar refractivity (Wildman–Crippen MR) is 73.4 cm³/mol. The summed E-state index contributed by atoms with van der Waals surface area (Å²) in [5, 5.41) is 3.47. The zero-order chi connectivity index (χ0) is 12.8. The van der Waals surface area contributed by atoms with Crippen LogP contribution < -0.4 is 5.32 Å². The Balaban J connectivity index is 1.85. The minimum absolute atomic E-state index is 0.790. The van der Waals surface area contributed by atoms with Crippen LogP contribution in [-0.2, 0) is 6.54 Å². The average molecular weight is 247 g/mol. The van der Waals surface area contributed by atoms with Crippen LogP contribution in [0.3, 0.4) is 0 Å². The Kier molecular flexibility index (Phi) is 4.66. The molecule has 0 aliphatic rings. The SMILES string of the molecule is CCN(CC)CCNCc1ccnc2nc[nH]c12. The first-order valence-corrected chi connectivity index (χ1v) is 6.55. The minimum atomic E-state index is 0.790. The molecule has 5 heteroatoms. The van der Waals surface area contributed by atoms with E-state index in [1.165, 1.54) is 5.56 Å². The van der Waals surface area contributed by atoms with Gasteiger partial charge in [-0.25, -0.2) is 9.97 Å². The molecular weight excluding hydrogens is 226 g/mol. The lowest BCUT2D eigenvalue weighted by atomic mass is 10.2. The van der Waals surface area contributed by atoms with E-state index in [-0.39, 0.29) is 0 Å². The number of nitrogens with one attached hydrogen (secondary N) is 2. The van der Waals surface area contributed by atoms with Crippen molar-refractivity contribution in [3.05, 3.63) is 24.2 Å². The van der Waals surface area contributed by atoms with E-state index >= 15 is 0 Å². The maximum Gasteiger partial charge on any atom is 0.177 e. The van der Waals surface area contributed by atoms with Crippen molar-refractivity contribution in [1.82, 2.24) is 25.2 Å². The molecule has 0 aliphatic heterocycles. The molecule has 0 saturated carbocycles. The molecule has 0 aromatic carbocycles. The Labute approximate surface area is 108 Å². The molecule has 98 valence electrons. The third-order valence-corrected chi connectivity index (χ3v) is 3.23. The van der Waals surface area contributed by atoms with Crippen molar-refractivity contribution in [1.29, 1.82) is 0 Å². The fourth-order valence-electron chi connectivity index (χ4n) is 2.05. The topological polar surface area (TPSA) is 56.8 Å². The molecule has 0 amide bonds. The molecule has 0 atom stereocenters. The lowest BCUT2D eigenvalue weighted by Crippen LogP contribution is -2.31. The van der Waals surface area contributed by atoms with Gasteiger partial charge in [0.1, 0.15) is 0 Å². The van der Waals surface area contributed by atoms with Crippen LogP contribution in [-0.4, -0.2) is 46.0 Å². The third kappa shape index (κ3) is 3.05. The summed E-state index contributed by atoms with van der Waals surface area (Å²) >= 11 is 0. The number of rotatable bonds is 7. The lowest BCUT2D eigenvalue weighted by Gasteiger charge is -2.18. The molecule has 2 N–H and O–H groups in total. The van der Waals surface area contributed by atoms with E-state index < -0.39 is 0 Å². The smallest absolute Gasteiger partial charge is 0.177 e. The molecule has 2 aromatic rings. The number of nitrogens with zero attached hydrogens (tertiary/aromatic N) is 3. The average Bonchev–Trinajstić information content (AvgIpc) is 2.88. The number of aromatic nitrogens is 3. The molecule has 0 fully saturated rings. The van der Waals surface area contributed by atoms with Crippen molar-refractivity contribution in [3.63, 3.8) is 0 Å². The van der Waals surface area contributed by atoms with Crippen molar-refractivity contribution in [2.24, 2.45) is 0 Å². The van der Waals surface area contributed by atoms with E-state index in [1.807, 2.05) is 12.3 Å². The van der Waals surface area contributed by atoms with Gasteiger partial charge in [-0.2, -0.15) is 0 Å². The summed E-state index contributed by atoms with van der Waals surface area (Å²) in [6, 6.07) is 2.03. The first kappa shape index (κ1) is 13.0. The number of pyridine rings is 1. The normalized spacial score (nSPS) is 11.5. The Morgan fingerprint density at radius 3 is 2.89 bits per heavy atom. The van der Waals surface area contributed by atoms with Gasteiger partial charge in [-0.3, -0.25) is 0 Å². The van der Waals surface area contributed by atoms with E-state index in [0.29, 0.717) is 0 Å². The second-order valence-corrected chi connectivity index (χ2v) is 4.27. The number of likely N-dealkylation sites (N-methyl/N-ethyl adjacent to an activating group) is 1. The Morgan fingerprint density at radius 2 is 2.11 bits per heavy atom. The highest BCUT2D eigenvalue weighted by atomic mass is 15.1. The zero-order valence-electron chi connectivity index (χ0n) is 11.1. The maximum atomic E-state index is 4.21. The second kappa shape index (κ2) is 6.47. The number of imidazole rings is 1. The molecule has 0 saturated heterocycles. The molecule has 0 aliphatic carbocycles. The summed E-state index contributed by atoms with van der Waals surface area (Å²) in [5.74, 6) is 0. The predicted octanol–water partition coefficient (Wildman–Crippen LogP) is 1.39. The summed E-state index contributed by atoms with van der Waals surface area (Å²) < 4.78 is 0. The van der Waals surface area contributed by atoms with Gasteiger partial charge in [-0.15, -0.1) is 0 Å². The number of H-pyrrole nitrogens is 1. The van der Waals surface area contributed by atoms with E-state index in [0.717, 1.165) is 43.9 Å². The van der Waals surface area contributed by atoms with Gasteiger partial charge < -0.3 is 15.2 Å². The van der Waals surface area contributed by atoms with Gasteiger partial charge >= 0.3 is 0 Å². The number of hydrogen-bond donors (Lipinski definition) is 2. The van der Waals surface area contributed by atoms with E-state index in [1.54, 1.807) is 6.33 Å². The molecule has 0 radical (unpaired) electrons. The zero-order valence-corrected chi connectivity index (χ0v) is 11.1. The number of aromatic amines is 1.